The van der Waals surface area contributed by atoms with Gasteiger partial charge in [0, 0.05) is 38.5 Å². The zero-order valence-electron chi connectivity index (χ0n) is 16.2. The summed E-state index contributed by atoms with van der Waals surface area (Å²) in [6.07, 6.45) is 4.98. The number of hydrogen-bond donors (Lipinski definition) is 2. The second-order valence-electron chi connectivity index (χ2n) is 7.28. The molecule has 0 aromatic heterocycles. The summed E-state index contributed by atoms with van der Waals surface area (Å²) >= 11 is 0. The molecule has 0 saturated carbocycles. The molecule has 0 aliphatic carbocycles. The lowest BCUT2D eigenvalue weighted by atomic mass is 9.94. The lowest BCUT2D eigenvalue weighted by molar-refractivity contribution is -0.135. The van der Waals surface area contributed by atoms with Crippen molar-refractivity contribution in [1.82, 2.24) is 10.2 Å². The number of carbonyl (C=O) groups is 2. The monoisotopic (exact) mass is 359 g/mol. The predicted molar refractivity (Wildman–Crippen MR) is 105 cm³/mol. The van der Waals surface area contributed by atoms with Crippen molar-refractivity contribution in [3.63, 3.8) is 0 Å². The largest absolute Gasteiger partial charge is 0.354 e. The van der Waals surface area contributed by atoms with Crippen LogP contribution in [0.1, 0.15) is 63.0 Å². The summed E-state index contributed by atoms with van der Waals surface area (Å²) in [7, 11) is 0. The number of aryl methyl sites for hydroxylation is 1. The molecular weight excluding hydrogens is 326 g/mol. The van der Waals surface area contributed by atoms with Gasteiger partial charge in [-0.2, -0.15) is 0 Å². The third-order valence-corrected chi connectivity index (χ3v) is 5.29. The molecule has 144 valence electrons. The number of rotatable bonds is 8. The van der Waals surface area contributed by atoms with Crippen LogP contribution in [-0.2, 0) is 16.0 Å². The second kappa shape index (κ2) is 10.3. The molecule has 1 aromatic carbocycles. The van der Waals surface area contributed by atoms with Gasteiger partial charge >= 0.3 is 0 Å². The third kappa shape index (κ3) is 5.84. The maximum atomic E-state index is 12.9. The lowest BCUT2D eigenvalue weighted by Crippen LogP contribution is -2.49. The Morgan fingerprint density at radius 3 is 2.65 bits per heavy atom. The van der Waals surface area contributed by atoms with Crippen LogP contribution >= 0.6 is 0 Å². The number of hydrogen-bond acceptors (Lipinski definition) is 3. The van der Waals surface area contributed by atoms with Gasteiger partial charge in [0.2, 0.25) is 11.8 Å². The molecule has 1 saturated heterocycles. The van der Waals surface area contributed by atoms with Gasteiger partial charge in [0.05, 0.1) is 0 Å². The van der Waals surface area contributed by atoms with Gasteiger partial charge in [0.25, 0.3) is 0 Å². The highest BCUT2D eigenvalue weighted by Crippen LogP contribution is 2.24. The van der Waals surface area contributed by atoms with Crippen molar-refractivity contribution in [2.45, 2.75) is 64.3 Å². The first-order chi connectivity index (χ1) is 12.5. The number of amides is 2. The van der Waals surface area contributed by atoms with Crippen molar-refractivity contribution in [1.29, 1.82) is 0 Å². The first-order valence-electron chi connectivity index (χ1n) is 9.90. The smallest absolute Gasteiger partial charge is 0.223 e. The highest BCUT2D eigenvalue weighted by Gasteiger charge is 2.27. The molecule has 0 radical (unpaired) electrons. The van der Waals surface area contributed by atoms with Crippen LogP contribution in [0.3, 0.4) is 0 Å². The van der Waals surface area contributed by atoms with Crippen LogP contribution in [0.15, 0.2) is 24.3 Å². The molecular formula is C21H33N3O2. The van der Waals surface area contributed by atoms with Gasteiger partial charge in [-0.3, -0.25) is 9.59 Å². The van der Waals surface area contributed by atoms with E-state index >= 15 is 0 Å². The number of benzene rings is 1. The van der Waals surface area contributed by atoms with E-state index in [-0.39, 0.29) is 23.8 Å². The van der Waals surface area contributed by atoms with Gasteiger partial charge in [-0.05, 0) is 42.7 Å². The summed E-state index contributed by atoms with van der Waals surface area (Å²) in [5.74, 6) is 0.354. The highest BCUT2D eigenvalue weighted by atomic mass is 16.2. The fourth-order valence-electron chi connectivity index (χ4n) is 3.57. The Balaban J connectivity index is 1.92. The number of nitrogens with one attached hydrogen (secondary N) is 1. The molecule has 1 aliphatic rings. The molecule has 1 aromatic rings. The Labute approximate surface area is 157 Å². The summed E-state index contributed by atoms with van der Waals surface area (Å²) in [6, 6.07) is 8.67. The molecule has 2 amide bonds. The summed E-state index contributed by atoms with van der Waals surface area (Å²) < 4.78 is 0. The van der Waals surface area contributed by atoms with E-state index in [1.54, 1.807) is 0 Å². The van der Waals surface area contributed by atoms with E-state index in [4.69, 9.17) is 5.73 Å². The Bertz CT molecular complexity index is 585. The van der Waals surface area contributed by atoms with Crippen molar-refractivity contribution in [3.05, 3.63) is 35.4 Å². The molecule has 2 unspecified atom stereocenters. The third-order valence-electron chi connectivity index (χ3n) is 5.29. The number of piperidine rings is 1. The standard InChI is InChI=1S/C21H33N3O2/c1-3-17-7-9-18(10-8-17)16(2)14-21(26)24-13-5-4-6-19(24)15-23-20(25)11-12-22/h7-10,16,19H,3-6,11-15,22H2,1-2H3,(H,23,25). The first kappa shape index (κ1) is 20.4. The van der Waals surface area contributed by atoms with Gasteiger partial charge in [0.15, 0.2) is 0 Å². The molecule has 1 heterocycles. The zero-order chi connectivity index (χ0) is 18.9. The van der Waals surface area contributed by atoms with Crippen LogP contribution in [0.25, 0.3) is 0 Å². The van der Waals surface area contributed by atoms with Crippen molar-refractivity contribution < 1.29 is 9.59 Å². The maximum Gasteiger partial charge on any atom is 0.223 e. The normalized spacial score (nSPS) is 18.4. The maximum absolute atomic E-state index is 12.9. The Morgan fingerprint density at radius 1 is 1.27 bits per heavy atom. The molecule has 1 aliphatic heterocycles. The fraction of sp³-hybridized carbons (Fsp3) is 0.619. The average molecular weight is 360 g/mol. The molecule has 5 nitrogen and oxygen atoms in total. The van der Waals surface area contributed by atoms with Gasteiger partial charge in [-0.25, -0.2) is 0 Å². The zero-order valence-corrected chi connectivity index (χ0v) is 16.2. The summed E-state index contributed by atoms with van der Waals surface area (Å²) in [5, 5.41) is 2.92. The van der Waals surface area contributed by atoms with E-state index in [1.165, 1.54) is 11.1 Å². The van der Waals surface area contributed by atoms with Crippen molar-refractivity contribution >= 4 is 11.8 Å². The second-order valence-corrected chi connectivity index (χ2v) is 7.28. The number of nitrogens with zero attached hydrogens (tertiary/aromatic N) is 1. The number of carbonyl (C=O) groups excluding carboxylic acids is 2. The minimum atomic E-state index is -0.0325. The van der Waals surface area contributed by atoms with E-state index < -0.39 is 0 Å². The van der Waals surface area contributed by atoms with E-state index in [1.807, 2.05) is 4.90 Å². The molecule has 2 atom stereocenters. The van der Waals surface area contributed by atoms with Crippen molar-refractivity contribution in [2.24, 2.45) is 5.73 Å². The minimum absolute atomic E-state index is 0.0325. The highest BCUT2D eigenvalue weighted by molar-refractivity contribution is 5.78. The predicted octanol–water partition coefficient (Wildman–Crippen LogP) is 2.59. The molecule has 26 heavy (non-hydrogen) atoms. The Morgan fingerprint density at radius 2 is 2.00 bits per heavy atom. The van der Waals surface area contributed by atoms with Crippen molar-refractivity contribution in [2.75, 3.05) is 19.6 Å². The molecule has 0 spiro atoms. The lowest BCUT2D eigenvalue weighted by Gasteiger charge is -2.36. The van der Waals surface area contributed by atoms with E-state index in [9.17, 15) is 9.59 Å². The molecule has 2 rings (SSSR count). The van der Waals surface area contributed by atoms with Gasteiger partial charge in [-0.1, -0.05) is 38.1 Å². The number of nitrogens with two attached hydrogens (primary N) is 1. The molecule has 0 bridgehead atoms. The van der Waals surface area contributed by atoms with Crippen LogP contribution in [0.2, 0.25) is 0 Å². The number of likely N-dealkylation sites (tertiary alicyclic amines) is 1. The quantitative estimate of drug-likeness (QED) is 0.749. The van der Waals surface area contributed by atoms with Crippen LogP contribution < -0.4 is 11.1 Å². The Hall–Kier alpha value is -1.88. The van der Waals surface area contributed by atoms with Gasteiger partial charge < -0.3 is 16.0 Å². The van der Waals surface area contributed by atoms with Crippen LogP contribution in [-0.4, -0.2) is 42.4 Å². The summed E-state index contributed by atoms with van der Waals surface area (Å²) in [4.78, 5) is 26.5. The summed E-state index contributed by atoms with van der Waals surface area (Å²) in [5.41, 5.74) is 7.94. The molecule has 5 heteroatoms. The van der Waals surface area contributed by atoms with Gasteiger partial charge in [0.1, 0.15) is 0 Å². The van der Waals surface area contributed by atoms with E-state index in [0.717, 1.165) is 32.2 Å². The van der Waals surface area contributed by atoms with Crippen LogP contribution in [0.5, 0.6) is 0 Å². The SMILES string of the molecule is CCc1ccc(C(C)CC(=O)N2CCCCC2CNC(=O)CCN)cc1. The van der Waals surface area contributed by atoms with Crippen LogP contribution in [0.4, 0.5) is 0 Å². The average Bonchev–Trinajstić information content (AvgIpc) is 2.66. The van der Waals surface area contributed by atoms with Gasteiger partial charge in [-0.15, -0.1) is 0 Å². The van der Waals surface area contributed by atoms with E-state index in [0.29, 0.717) is 25.9 Å². The molecule has 3 N–H and O–H groups in total. The van der Waals surface area contributed by atoms with E-state index in [2.05, 4.69) is 43.4 Å². The van der Waals surface area contributed by atoms with Crippen molar-refractivity contribution in [3.8, 4) is 0 Å². The Kier molecular flexibility index (Phi) is 8.10. The van der Waals surface area contributed by atoms with Crippen LogP contribution in [0, 0.1) is 0 Å². The summed E-state index contributed by atoms with van der Waals surface area (Å²) in [6.45, 7) is 5.93. The molecule has 1 fully saturated rings. The topological polar surface area (TPSA) is 75.4 Å². The first-order valence-corrected chi connectivity index (χ1v) is 9.90. The fourth-order valence-corrected chi connectivity index (χ4v) is 3.57. The minimum Gasteiger partial charge on any atom is -0.354 e.